The van der Waals surface area contributed by atoms with Crippen molar-refractivity contribution in [3.63, 3.8) is 0 Å². The van der Waals surface area contributed by atoms with Gasteiger partial charge in [0, 0.05) is 12.6 Å². The fourth-order valence-corrected chi connectivity index (χ4v) is 4.35. The standard InChI is InChI=1S/C19H37NO/c1-5-12-20-17(15-18(2,3)4)16-9-13-21-19(14-16)10-7-6-8-11-19/h16-17,20H,5-15H2,1-4H3. The summed E-state index contributed by atoms with van der Waals surface area (Å²) in [6, 6.07) is 0.674. The van der Waals surface area contributed by atoms with Gasteiger partial charge < -0.3 is 10.1 Å². The zero-order valence-electron chi connectivity index (χ0n) is 14.8. The summed E-state index contributed by atoms with van der Waals surface area (Å²) in [5.41, 5.74) is 0.647. The molecule has 0 aromatic rings. The summed E-state index contributed by atoms with van der Waals surface area (Å²) in [7, 11) is 0. The average Bonchev–Trinajstić information content (AvgIpc) is 2.43. The van der Waals surface area contributed by atoms with Gasteiger partial charge in [0.15, 0.2) is 0 Å². The van der Waals surface area contributed by atoms with Crippen LogP contribution in [-0.4, -0.2) is 24.8 Å². The molecule has 2 rings (SSSR count). The Labute approximate surface area is 132 Å². The van der Waals surface area contributed by atoms with Crippen LogP contribution in [0.4, 0.5) is 0 Å². The summed E-state index contributed by atoms with van der Waals surface area (Å²) in [5.74, 6) is 0.808. The molecule has 2 aliphatic rings. The van der Waals surface area contributed by atoms with Crippen molar-refractivity contribution in [3.8, 4) is 0 Å². The van der Waals surface area contributed by atoms with E-state index in [-0.39, 0.29) is 5.60 Å². The minimum Gasteiger partial charge on any atom is -0.375 e. The van der Waals surface area contributed by atoms with Crippen molar-refractivity contribution < 1.29 is 4.74 Å². The van der Waals surface area contributed by atoms with E-state index in [1.54, 1.807) is 0 Å². The molecule has 1 N–H and O–H groups in total. The second-order valence-corrected chi connectivity index (χ2v) is 8.67. The molecule has 0 aromatic heterocycles. The molecule has 2 atom stereocenters. The zero-order chi connectivity index (χ0) is 15.3. The molecule has 1 aliphatic carbocycles. The van der Waals surface area contributed by atoms with Gasteiger partial charge in [0.1, 0.15) is 0 Å². The summed E-state index contributed by atoms with van der Waals surface area (Å²) in [6.07, 6.45) is 11.8. The van der Waals surface area contributed by atoms with Crippen LogP contribution in [0.25, 0.3) is 0 Å². The van der Waals surface area contributed by atoms with Crippen molar-refractivity contribution in [1.82, 2.24) is 5.32 Å². The molecule has 1 saturated carbocycles. The van der Waals surface area contributed by atoms with E-state index in [4.69, 9.17) is 4.74 Å². The van der Waals surface area contributed by atoms with Crippen LogP contribution in [0.15, 0.2) is 0 Å². The first-order valence-corrected chi connectivity index (χ1v) is 9.31. The second kappa shape index (κ2) is 7.46. The Morgan fingerprint density at radius 1 is 1.19 bits per heavy atom. The molecule has 2 fully saturated rings. The van der Waals surface area contributed by atoms with E-state index in [0.29, 0.717) is 11.5 Å². The summed E-state index contributed by atoms with van der Waals surface area (Å²) < 4.78 is 6.29. The first-order chi connectivity index (χ1) is 9.94. The van der Waals surface area contributed by atoms with E-state index in [9.17, 15) is 0 Å². The van der Waals surface area contributed by atoms with Gasteiger partial charge >= 0.3 is 0 Å². The van der Waals surface area contributed by atoms with Gasteiger partial charge in [-0.2, -0.15) is 0 Å². The van der Waals surface area contributed by atoms with Crippen molar-refractivity contribution in [2.75, 3.05) is 13.2 Å². The Hall–Kier alpha value is -0.0800. The molecule has 2 nitrogen and oxygen atoms in total. The molecule has 1 spiro atoms. The van der Waals surface area contributed by atoms with Crippen LogP contribution in [-0.2, 0) is 4.74 Å². The number of ether oxygens (including phenoxy) is 1. The van der Waals surface area contributed by atoms with Gasteiger partial charge in [-0.1, -0.05) is 47.0 Å². The van der Waals surface area contributed by atoms with Gasteiger partial charge in [-0.3, -0.25) is 0 Å². The molecular weight excluding hydrogens is 258 g/mol. The number of rotatable bonds is 5. The van der Waals surface area contributed by atoms with Crippen molar-refractivity contribution in [2.24, 2.45) is 11.3 Å². The van der Waals surface area contributed by atoms with E-state index in [1.165, 1.54) is 57.8 Å². The van der Waals surface area contributed by atoms with E-state index < -0.39 is 0 Å². The average molecular weight is 296 g/mol. The van der Waals surface area contributed by atoms with Gasteiger partial charge in [-0.25, -0.2) is 0 Å². The Balaban J connectivity index is 2.00. The molecule has 1 aliphatic heterocycles. The fourth-order valence-electron chi connectivity index (χ4n) is 4.35. The summed E-state index contributed by atoms with van der Waals surface area (Å²) in [4.78, 5) is 0. The summed E-state index contributed by atoms with van der Waals surface area (Å²) in [6.45, 7) is 11.5. The van der Waals surface area contributed by atoms with Crippen LogP contribution < -0.4 is 5.32 Å². The van der Waals surface area contributed by atoms with Crippen LogP contribution in [0.1, 0.15) is 85.5 Å². The Bertz CT molecular complexity index is 296. The number of nitrogens with one attached hydrogen (secondary N) is 1. The van der Waals surface area contributed by atoms with Crippen molar-refractivity contribution >= 4 is 0 Å². The molecule has 2 unspecified atom stereocenters. The van der Waals surface area contributed by atoms with Gasteiger partial charge in [0.2, 0.25) is 0 Å². The molecular formula is C19H37NO. The number of hydrogen-bond acceptors (Lipinski definition) is 2. The van der Waals surface area contributed by atoms with Crippen LogP contribution in [0.2, 0.25) is 0 Å². The topological polar surface area (TPSA) is 21.3 Å². The molecule has 1 heterocycles. The smallest absolute Gasteiger partial charge is 0.0685 e. The Morgan fingerprint density at radius 3 is 2.52 bits per heavy atom. The van der Waals surface area contributed by atoms with E-state index >= 15 is 0 Å². The molecule has 0 radical (unpaired) electrons. The quantitative estimate of drug-likeness (QED) is 0.777. The highest BCUT2D eigenvalue weighted by Crippen LogP contribution is 2.42. The highest BCUT2D eigenvalue weighted by Gasteiger charge is 2.41. The van der Waals surface area contributed by atoms with Gasteiger partial charge in [-0.05, 0) is 56.4 Å². The van der Waals surface area contributed by atoms with Crippen molar-refractivity contribution in [3.05, 3.63) is 0 Å². The minimum atomic E-state index is 0.241. The lowest BCUT2D eigenvalue weighted by molar-refractivity contribution is -0.123. The maximum atomic E-state index is 6.29. The van der Waals surface area contributed by atoms with Crippen LogP contribution in [0.3, 0.4) is 0 Å². The Morgan fingerprint density at radius 2 is 1.90 bits per heavy atom. The van der Waals surface area contributed by atoms with Gasteiger partial charge in [-0.15, -0.1) is 0 Å². The molecule has 0 bridgehead atoms. The maximum Gasteiger partial charge on any atom is 0.0685 e. The SMILES string of the molecule is CCCNC(CC(C)(C)C)C1CCOC2(CCCCC2)C1. The van der Waals surface area contributed by atoms with E-state index in [0.717, 1.165) is 19.1 Å². The molecule has 21 heavy (non-hydrogen) atoms. The second-order valence-electron chi connectivity index (χ2n) is 8.67. The fraction of sp³-hybridized carbons (Fsp3) is 1.00. The molecule has 124 valence electrons. The monoisotopic (exact) mass is 295 g/mol. The third-order valence-electron chi connectivity index (χ3n) is 5.35. The highest BCUT2D eigenvalue weighted by molar-refractivity contribution is 4.94. The van der Waals surface area contributed by atoms with Crippen LogP contribution in [0.5, 0.6) is 0 Å². The maximum absolute atomic E-state index is 6.29. The lowest BCUT2D eigenvalue weighted by atomic mass is 9.71. The highest BCUT2D eigenvalue weighted by atomic mass is 16.5. The third-order valence-corrected chi connectivity index (χ3v) is 5.35. The molecule has 0 amide bonds. The predicted octanol–water partition coefficient (Wildman–Crippen LogP) is 4.92. The first kappa shape index (κ1) is 17.3. The molecule has 0 aromatic carbocycles. The largest absolute Gasteiger partial charge is 0.375 e. The summed E-state index contributed by atoms with van der Waals surface area (Å²) in [5, 5.41) is 3.86. The number of hydrogen-bond donors (Lipinski definition) is 1. The predicted molar refractivity (Wildman–Crippen MR) is 90.6 cm³/mol. The molecule has 2 heteroatoms. The van der Waals surface area contributed by atoms with E-state index in [1.807, 2.05) is 0 Å². The van der Waals surface area contributed by atoms with Crippen LogP contribution in [0, 0.1) is 11.3 Å². The van der Waals surface area contributed by atoms with Gasteiger partial charge in [0.25, 0.3) is 0 Å². The minimum absolute atomic E-state index is 0.241. The lowest BCUT2D eigenvalue weighted by Crippen LogP contribution is -2.48. The first-order valence-electron chi connectivity index (χ1n) is 9.31. The van der Waals surface area contributed by atoms with Crippen LogP contribution >= 0.6 is 0 Å². The van der Waals surface area contributed by atoms with Crippen molar-refractivity contribution in [1.29, 1.82) is 0 Å². The van der Waals surface area contributed by atoms with Crippen molar-refractivity contribution in [2.45, 2.75) is 97.1 Å². The lowest BCUT2D eigenvalue weighted by Gasteiger charge is -2.46. The molecule has 1 saturated heterocycles. The Kier molecular flexibility index (Phi) is 6.14. The normalized spacial score (nSPS) is 27.7. The third kappa shape index (κ3) is 5.25. The summed E-state index contributed by atoms with van der Waals surface area (Å²) >= 11 is 0. The van der Waals surface area contributed by atoms with Gasteiger partial charge in [0.05, 0.1) is 5.60 Å². The zero-order valence-corrected chi connectivity index (χ0v) is 14.8. The van der Waals surface area contributed by atoms with E-state index in [2.05, 4.69) is 33.0 Å².